The molecule has 2 heterocycles. The van der Waals surface area contributed by atoms with Crippen LogP contribution in [0.3, 0.4) is 0 Å². The molecule has 6 aromatic carbocycles. The average Bonchev–Trinajstić information content (AvgIpc) is 3.85. The van der Waals surface area contributed by atoms with Crippen LogP contribution in [-0.4, -0.2) is 54.1 Å². The van der Waals surface area contributed by atoms with Crippen molar-refractivity contribution in [1.82, 2.24) is 4.98 Å². The van der Waals surface area contributed by atoms with E-state index in [0.29, 0.717) is 40.1 Å². The van der Waals surface area contributed by atoms with Gasteiger partial charge < -0.3 is 18.6 Å². The minimum absolute atomic E-state index is 0.308. The number of aromatic nitrogens is 1. The molecule has 0 atom stereocenters. The Morgan fingerprint density at radius 3 is 2.00 bits per heavy atom. The fraction of sp³-hybridized carbons (Fsp3) is 0.118. The maximum Gasteiger partial charge on any atom is 0.298 e. The van der Waals surface area contributed by atoms with Gasteiger partial charge in [-0.3, -0.25) is 20.1 Å². The molecule has 0 unspecified atom stereocenters. The monoisotopic (exact) mass is 868 g/mol. The second-order valence-electron chi connectivity index (χ2n) is 16.8. The highest BCUT2D eigenvalue weighted by Gasteiger charge is 2.35. The van der Waals surface area contributed by atoms with Crippen molar-refractivity contribution in [3.8, 4) is 22.6 Å². The summed E-state index contributed by atoms with van der Waals surface area (Å²) >= 11 is 0. The minimum Gasteiger partial charge on any atom is -0.436 e. The van der Waals surface area contributed by atoms with Gasteiger partial charge in [-0.15, -0.1) is 0 Å². The number of rotatable bonds is 8. The first kappa shape index (κ1) is 40.1. The molecule has 1 aromatic heterocycles. The normalized spacial score (nSPS) is 17.1. The quantitative estimate of drug-likeness (QED) is 0.0897. The number of allylic oxidation sites excluding steroid dienone is 8. The molecule has 0 bridgehead atoms. The molecule has 0 fully saturated rings. The average molecular weight is 869 g/mol. The van der Waals surface area contributed by atoms with Gasteiger partial charge in [0, 0.05) is 16.7 Å². The third-order valence-corrected chi connectivity index (χ3v) is 14.2. The predicted molar refractivity (Wildman–Crippen MR) is 267 cm³/mol. The Balaban J connectivity index is 1.18. The van der Waals surface area contributed by atoms with Crippen molar-refractivity contribution in [2.45, 2.75) is 39.3 Å². The number of anilines is 1. The van der Waals surface area contributed by atoms with Crippen LogP contribution in [0.5, 0.6) is 0 Å². The number of fused-ring (bicyclic) bond motifs is 4. The van der Waals surface area contributed by atoms with Crippen molar-refractivity contribution in [2.24, 2.45) is 18.6 Å². The molecule has 0 saturated heterocycles. The Hall–Kier alpha value is -7.00. The van der Waals surface area contributed by atoms with Gasteiger partial charge in [0.25, 0.3) is 8.40 Å². The van der Waals surface area contributed by atoms with Crippen molar-refractivity contribution < 1.29 is 4.42 Å². The number of nitrogens with zero attached hydrogens (tertiary/aromatic N) is 6. The van der Waals surface area contributed by atoms with Gasteiger partial charge in [-0.1, -0.05) is 111 Å². The smallest absolute Gasteiger partial charge is 0.298 e. The zero-order valence-corrected chi connectivity index (χ0v) is 38.9. The third kappa shape index (κ3) is 7.25. The number of hydrogen-bond acceptors (Lipinski definition) is 9. The first-order valence-corrected chi connectivity index (χ1v) is 28.8. The van der Waals surface area contributed by atoms with E-state index in [4.69, 9.17) is 28.0 Å². The highest BCUT2D eigenvalue weighted by Crippen LogP contribution is 2.38. The van der Waals surface area contributed by atoms with Gasteiger partial charge >= 0.3 is 0 Å². The standard InChI is InChI=1S/C51H44N8OSi3/c1-61(2)55-40-19-13-20-41(47(40)53)59(42-29-27-38(46(52)49(42)56-62(3)4)45-35-16-9-7-14-33(35)30-34-15-8-10-17-36(34)45)43-28-26-37(48-50(43)58-63(5,6)57-48)31-22-24-32(25-23-31)51-54-39-18-11-12-21-44(39)60-51/h7-30,52-53H,1-6H3/b52-46?,53-47?,55-40-,56-49-. The van der Waals surface area contributed by atoms with Gasteiger partial charge in [-0.05, 0) is 106 Å². The van der Waals surface area contributed by atoms with Gasteiger partial charge in [0.05, 0.1) is 44.9 Å². The summed E-state index contributed by atoms with van der Waals surface area (Å²) < 4.78 is 27.2. The summed E-state index contributed by atoms with van der Waals surface area (Å²) in [6.45, 7) is 12.8. The summed E-state index contributed by atoms with van der Waals surface area (Å²) in [7, 11) is -4.83. The first-order valence-electron chi connectivity index (χ1n) is 21.0. The molecule has 2 N–H and O–H groups in total. The van der Waals surface area contributed by atoms with Crippen LogP contribution in [0.1, 0.15) is 5.56 Å². The molecule has 2 radical (unpaired) electrons. The van der Waals surface area contributed by atoms with E-state index in [-0.39, 0.29) is 0 Å². The molecular formula is C51H44N8OSi3. The second kappa shape index (κ2) is 15.7. The Morgan fingerprint density at radius 2 is 1.30 bits per heavy atom. The van der Waals surface area contributed by atoms with Crippen LogP contribution < -0.4 is 15.6 Å². The largest absolute Gasteiger partial charge is 0.436 e. The number of benzene rings is 6. The van der Waals surface area contributed by atoms with Crippen molar-refractivity contribution in [1.29, 1.82) is 10.8 Å². The molecule has 12 heteroatoms. The van der Waals surface area contributed by atoms with E-state index in [1.165, 1.54) is 0 Å². The number of hydrogen-bond donors (Lipinski definition) is 2. The van der Waals surface area contributed by atoms with Gasteiger partial charge in [-0.2, -0.15) is 0 Å². The summed E-state index contributed by atoms with van der Waals surface area (Å²) in [5, 5.41) is 25.9. The zero-order chi connectivity index (χ0) is 43.6. The van der Waals surface area contributed by atoms with E-state index in [1.54, 1.807) is 0 Å². The lowest BCUT2D eigenvalue weighted by Crippen LogP contribution is -2.42. The fourth-order valence-corrected chi connectivity index (χ4v) is 11.5. The van der Waals surface area contributed by atoms with E-state index >= 15 is 0 Å². The molecule has 9 nitrogen and oxygen atoms in total. The Morgan fingerprint density at radius 1 is 0.651 bits per heavy atom. The molecule has 7 aromatic rings. The van der Waals surface area contributed by atoms with Crippen molar-refractivity contribution in [2.75, 3.05) is 4.90 Å². The first-order chi connectivity index (χ1) is 30.4. The Kier molecular flexibility index (Phi) is 10.0. The number of oxazole rings is 1. The van der Waals surface area contributed by atoms with Crippen LogP contribution in [0.15, 0.2) is 180 Å². The minimum atomic E-state index is -2.49. The highest BCUT2D eigenvalue weighted by atomic mass is 28.3. The van der Waals surface area contributed by atoms with Crippen LogP contribution in [0, 0.1) is 10.8 Å². The predicted octanol–water partition coefficient (Wildman–Crippen LogP) is 11.1. The van der Waals surface area contributed by atoms with Gasteiger partial charge in [0.15, 0.2) is 23.5 Å². The summed E-state index contributed by atoms with van der Waals surface area (Å²) in [5.74, 6) is 0.574. The second-order valence-corrected chi connectivity index (χ2v) is 24.5. The highest BCUT2D eigenvalue weighted by molar-refractivity contribution is 6.74. The van der Waals surface area contributed by atoms with E-state index in [1.807, 2.05) is 54.6 Å². The van der Waals surface area contributed by atoms with Crippen LogP contribution in [0.4, 0.5) is 5.69 Å². The maximum atomic E-state index is 10.1. The molecule has 0 saturated carbocycles. The summed E-state index contributed by atoms with van der Waals surface area (Å²) in [5.41, 5.74) is 10.3. The Bertz CT molecular complexity index is 3340. The fourth-order valence-electron chi connectivity index (χ4n) is 8.61. The van der Waals surface area contributed by atoms with Gasteiger partial charge in [0.1, 0.15) is 11.2 Å². The number of nitrogens with one attached hydrogen (secondary N) is 2. The van der Waals surface area contributed by atoms with E-state index in [9.17, 15) is 10.8 Å². The van der Waals surface area contributed by atoms with E-state index in [0.717, 1.165) is 76.9 Å². The molecule has 0 amide bonds. The molecule has 1 aliphatic heterocycles. The van der Waals surface area contributed by atoms with Gasteiger partial charge in [0.2, 0.25) is 5.89 Å². The topological polar surface area (TPSA) is 126 Å². The molecule has 63 heavy (non-hydrogen) atoms. The van der Waals surface area contributed by atoms with Crippen molar-refractivity contribution in [3.63, 3.8) is 0 Å². The van der Waals surface area contributed by atoms with Crippen LogP contribution in [0.2, 0.25) is 39.3 Å². The van der Waals surface area contributed by atoms with Gasteiger partial charge in [-0.25, -0.2) is 4.98 Å². The van der Waals surface area contributed by atoms with Crippen molar-refractivity contribution in [3.05, 3.63) is 173 Å². The molecule has 306 valence electrons. The lowest BCUT2D eigenvalue weighted by molar-refractivity contribution is 0.620. The third-order valence-electron chi connectivity index (χ3n) is 11.3. The van der Waals surface area contributed by atoms with Crippen LogP contribution in [0.25, 0.3) is 60.8 Å². The SMILES string of the molecule is C[Si](C)/N=C1/C=CC=C(N(C2=CC=C(c3c4ccccc4cc4ccccc34)C(=N)/C2=N\[Si](C)C)c2ccc(-c3ccc(-c4nc5ccccc5o4)cc3)c3c2=N[Si](C)(C)N=3)C1=N. The Labute approximate surface area is 370 Å². The molecule has 0 spiro atoms. The summed E-state index contributed by atoms with van der Waals surface area (Å²) in [6, 6.07) is 39.3. The lowest BCUT2D eigenvalue weighted by atomic mass is 9.85. The zero-order valence-electron chi connectivity index (χ0n) is 35.9. The van der Waals surface area contributed by atoms with Crippen LogP contribution in [-0.2, 0) is 0 Å². The molecule has 3 aliphatic rings. The summed E-state index contributed by atoms with van der Waals surface area (Å²) in [6.07, 6.45) is 10.0. The van der Waals surface area contributed by atoms with Crippen LogP contribution >= 0.6 is 0 Å². The molecular weight excluding hydrogens is 825 g/mol. The molecule has 10 rings (SSSR count). The van der Waals surface area contributed by atoms with E-state index in [2.05, 4.69) is 135 Å². The maximum absolute atomic E-state index is 10.1. The summed E-state index contributed by atoms with van der Waals surface area (Å²) in [4.78, 5) is 6.82. The van der Waals surface area contributed by atoms with E-state index < -0.39 is 26.3 Å². The number of para-hydroxylation sites is 2. The lowest BCUT2D eigenvalue weighted by Gasteiger charge is -2.34. The van der Waals surface area contributed by atoms with Crippen molar-refractivity contribution >= 4 is 93.1 Å². The molecule has 2 aliphatic carbocycles.